The summed E-state index contributed by atoms with van der Waals surface area (Å²) in [5.74, 6) is 0.00506. The highest BCUT2D eigenvalue weighted by Gasteiger charge is 2.34. The van der Waals surface area contributed by atoms with Crippen molar-refractivity contribution >= 4 is 29.0 Å². The molecule has 240 valence electrons. The van der Waals surface area contributed by atoms with E-state index in [2.05, 4.69) is 30.2 Å². The lowest BCUT2D eigenvalue weighted by Gasteiger charge is -2.37. The Morgan fingerprint density at radius 1 is 1.09 bits per heavy atom. The van der Waals surface area contributed by atoms with Crippen LogP contribution in [0, 0.1) is 16.0 Å². The minimum absolute atomic E-state index is 0.0102. The first-order valence-corrected chi connectivity index (χ1v) is 15.0. The third-order valence-electron chi connectivity index (χ3n) is 8.31. The summed E-state index contributed by atoms with van der Waals surface area (Å²) in [4.78, 5) is 36.0. The molecule has 5 rings (SSSR count). The molecule has 1 amide bonds. The molecule has 2 fully saturated rings. The van der Waals surface area contributed by atoms with Crippen molar-refractivity contribution in [3.8, 4) is 5.75 Å². The van der Waals surface area contributed by atoms with Crippen LogP contribution in [0.5, 0.6) is 5.75 Å². The van der Waals surface area contributed by atoms with Gasteiger partial charge in [0.05, 0.1) is 4.92 Å². The maximum atomic E-state index is 12.9. The number of aromatic nitrogens is 2. The minimum Gasteiger partial charge on any atom is -0.405 e. The van der Waals surface area contributed by atoms with E-state index in [0.717, 1.165) is 57.1 Å². The predicted molar refractivity (Wildman–Crippen MR) is 162 cm³/mol. The lowest BCUT2D eigenvalue weighted by Crippen LogP contribution is -2.41. The van der Waals surface area contributed by atoms with E-state index >= 15 is 0 Å². The molecule has 11 nitrogen and oxygen atoms in total. The molecule has 0 unspecified atom stereocenters. The van der Waals surface area contributed by atoms with Gasteiger partial charge in [-0.05, 0) is 56.2 Å². The minimum atomic E-state index is -4.86. The third-order valence-corrected chi connectivity index (χ3v) is 8.31. The molecule has 1 aromatic heterocycles. The number of amides is 1. The van der Waals surface area contributed by atoms with Gasteiger partial charge in [-0.15, -0.1) is 13.2 Å². The van der Waals surface area contributed by atoms with Crippen LogP contribution in [0.2, 0.25) is 0 Å². The molecule has 2 N–H and O–H groups in total. The highest BCUT2D eigenvalue weighted by molar-refractivity contribution is 5.73. The number of halogens is 3. The van der Waals surface area contributed by atoms with Gasteiger partial charge in [-0.1, -0.05) is 36.4 Å². The van der Waals surface area contributed by atoms with Gasteiger partial charge in [0, 0.05) is 56.4 Å². The first-order chi connectivity index (χ1) is 21.6. The zero-order chi connectivity index (χ0) is 32.0. The molecule has 0 radical (unpaired) electrons. The molecule has 2 aliphatic rings. The number of nitrogens with zero attached hydrogens (tertiary/aromatic N) is 5. The van der Waals surface area contributed by atoms with Gasteiger partial charge in [-0.25, -0.2) is 4.98 Å². The molecule has 1 aliphatic carbocycles. The van der Waals surface area contributed by atoms with Crippen molar-refractivity contribution in [1.82, 2.24) is 20.2 Å². The molecule has 45 heavy (non-hydrogen) atoms. The normalized spacial score (nSPS) is 20.4. The Labute approximate surface area is 258 Å². The molecule has 1 saturated carbocycles. The Morgan fingerprint density at radius 2 is 1.80 bits per heavy atom. The standard InChI is InChI=1S/C31H36F3N7O4/c1-21(42)37-24-15-16-39(20-24)25-13-11-22(12-14-25)19-40(26-8-3-2-4-9-26)29-27(41(43)44)18-36-30(38-29)35-17-23-7-5-6-10-28(23)45-31(32,33)34/h2-10,18,22,24-25H,11-17,19-20H2,1H3,(H,37,42)(H,35,36,38)/t22?,24-,25?/m0/s1. The smallest absolute Gasteiger partial charge is 0.405 e. The van der Waals surface area contributed by atoms with Crippen LogP contribution in [0.15, 0.2) is 60.8 Å². The number of rotatable bonds is 11. The second kappa shape index (κ2) is 14.1. The summed E-state index contributed by atoms with van der Waals surface area (Å²) in [6, 6.07) is 15.6. The fraction of sp³-hybridized carbons (Fsp3) is 0.452. The Bertz CT molecular complexity index is 1470. The summed E-state index contributed by atoms with van der Waals surface area (Å²) in [7, 11) is 0. The summed E-state index contributed by atoms with van der Waals surface area (Å²) in [6.07, 6.45) is 1.03. The molecule has 14 heteroatoms. The van der Waals surface area contributed by atoms with E-state index in [-0.39, 0.29) is 53.2 Å². The quantitative estimate of drug-likeness (QED) is 0.200. The van der Waals surface area contributed by atoms with Crippen molar-refractivity contribution in [2.24, 2.45) is 5.92 Å². The number of anilines is 3. The van der Waals surface area contributed by atoms with Crippen LogP contribution < -0.4 is 20.3 Å². The number of nitro groups is 1. The van der Waals surface area contributed by atoms with E-state index in [9.17, 15) is 28.1 Å². The van der Waals surface area contributed by atoms with Crippen LogP contribution in [0.1, 0.15) is 44.6 Å². The molecule has 3 aromatic rings. The van der Waals surface area contributed by atoms with E-state index < -0.39 is 11.3 Å². The third kappa shape index (κ3) is 8.59. The summed E-state index contributed by atoms with van der Waals surface area (Å²) >= 11 is 0. The van der Waals surface area contributed by atoms with Gasteiger partial charge in [-0.3, -0.25) is 19.8 Å². The zero-order valence-electron chi connectivity index (χ0n) is 24.9. The Hall–Kier alpha value is -4.46. The highest BCUT2D eigenvalue weighted by Crippen LogP contribution is 2.37. The zero-order valence-corrected chi connectivity index (χ0v) is 24.9. The van der Waals surface area contributed by atoms with E-state index in [4.69, 9.17) is 0 Å². The van der Waals surface area contributed by atoms with Gasteiger partial charge in [0.2, 0.25) is 17.7 Å². The molecule has 2 heterocycles. The van der Waals surface area contributed by atoms with E-state index in [1.165, 1.54) is 18.2 Å². The van der Waals surface area contributed by atoms with E-state index in [1.54, 1.807) is 13.0 Å². The molecular weight excluding hydrogens is 591 g/mol. The number of nitrogens with one attached hydrogen (secondary N) is 2. The fourth-order valence-electron chi connectivity index (χ4n) is 6.22. The summed E-state index contributed by atoms with van der Waals surface area (Å²) in [6.45, 7) is 3.73. The van der Waals surface area contributed by atoms with Crippen molar-refractivity contribution in [1.29, 1.82) is 0 Å². The van der Waals surface area contributed by atoms with Crippen molar-refractivity contribution in [2.45, 2.75) is 64.0 Å². The fourth-order valence-corrected chi connectivity index (χ4v) is 6.22. The largest absolute Gasteiger partial charge is 0.573 e. The van der Waals surface area contributed by atoms with Crippen molar-refractivity contribution in [3.05, 3.63) is 76.5 Å². The number of para-hydroxylation sites is 2. The average molecular weight is 628 g/mol. The molecule has 0 spiro atoms. The van der Waals surface area contributed by atoms with E-state index in [0.29, 0.717) is 12.6 Å². The summed E-state index contributed by atoms with van der Waals surface area (Å²) in [5, 5.41) is 18.1. The molecular formula is C31H36F3N7O4. The van der Waals surface area contributed by atoms with Crippen LogP contribution >= 0.6 is 0 Å². The maximum Gasteiger partial charge on any atom is 0.573 e. The average Bonchev–Trinajstić information content (AvgIpc) is 3.47. The maximum absolute atomic E-state index is 12.9. The molecule has 0 bridgehead atoms. The summed E-state index contributed by atoms with van der Waals surface area (Å²) in [5.41, 5.74) is 0.672. The Kier molecular flexibility index (Phi) is 10.0. The number of benzene rings is 2. The van der Waals surface area contributed by atoms with Crippen LogP contribution in [-0.2, 0) is 11.3 Å². The van der Waals surface area contributed by atoms with Gasteiger partial charge in [0.1, 0.15) is 11.9 Å². The highest BCUT2D eigenvalue weighted by atomic mass is 19.4. The molecule has 2 aromatic carbocycles. The summed E-state index contributed by atoms with van der Waals surface area (Å²) < 4.78 is 42.9. The first kappa shape index (κ1) is 31.9. The van der Waals surface area contributed by atoms with Crippen LogP contribution in [0.4, 0.5) is 36.3 Å². The van der Waals surface area contributed by atoms with Gasteiger partial charge in [-0.2, -0.15) is 4.98 Å². The lowest BCUT2D eigenvalue weighted by atomic mass is 9.85. The SMILES string of the molecule is CC(=O)N[C@H]1CCN(C2CCC(CN(c3ccccc3)c3nc(NCc4ccccc4OC(F)(F)F)ncc3[N+](=O)[O-])CC2)C1. The van der Waals surface area contributed by atoms with Gasteiger partial charge in [0.15, 0.2) is 0 Å². The number of hydrogen-bond donors (Lipinski definition) is 2. The number of carbonyl (C=O) groups excluding carboxylic acids is 1. The number of likely N-dealkylation sites (tertiary alicyclic amines) is 1. The van der Waals surface area contributed by atoms with Gasteiger partial charge in [0.25, 0.3) is 0 Å². The van der Waals surface area contributed by atoms with Crippen molar-refractivity contribution in [3.63, 3.8) is 0 Å². The monoisotopic (exact) mass is 627 g/mol. The lowest BCUT2D eigenvalue weighted by molar-refractivity contribution is -0.384. The first-order valence-electron chi connectivity index (χ1n) is 15.0. The van der Waals surface area contributed by atoms with Crippen molar-refractivity contribution < 1.29 is 27.6 Å². The topological polar surface area (TPSA) is 126 Å². The second-order valence-electron chi connectivity index (χ2n) is 11.5. The van der Waals surface area contributed by atoms with Crippen LogP contribution in [-0.4, -0.2) is 63.8 Å². The number of ether oxygens (including phenoxy) is 1. The molecule has 1 saturated heterocycles. The second-order valence-corrected chi connectivity index (χ2v) is 11.5. The van der Waals surface area contributed by atoms with E-state index in [1.807, 2.05) is 35.2 Å². The number of hydrogen-bond acceptors (Lipinski definition) is 9. The number of alkyl halides is 3. The van der Waals surface area contributed by atoms with Gasteiger partial charge >= 0.3 is 12.0 Å². The Balaban J connectivity index is 1.33. The Morgan fingerprint density at radius 3 is 2.49 bits per heavy atom. The molecule has 1 aliphatic heterocycles. The molecule has 1 atom stereocenters. The van der Waals surface area contributed by atoms with Gasteiger partial charge < -0.3 is 20.3 Å². The van der Waals surface area contributed by atoms with Crippen molar-refractivity contribution in [2.75, 3.05) is 29.9 Å². The van der Waals surface area contributed by atoms with Crippen LogP contribution in [0.25, 0.3) is 0 Å². The van der Waals surface area contributed by atoms with Crippen LogP contribution in [0.3, 0.4) is 0 Å². The predicted octanol–water partition coefficient (Wildman–Crippen LogP) is 5.80. The number of carbonyl (C=O) groups is 1.